The van der Waals surface area contributed by atoms with Crippen LogP contribution in [0.5, 0.6) is 0 Å². The second kappa shape index (κ2) is 6.24. The fourth-order valence-electron chi connectivity index (χ4n) is 4.95. The van der Waals surface area contributed by atoms with Crippen LogP contribution in [0.25, 0.3) is 10.9 Å². The predicted molar refractivity (Wildman–Crippen MR) is 108 cm³/mol. The van der Waals surface area contributed by atoms with Crippen LogP contribution in [0.1, 0.15) is 38.3 Å². The maximum atomic E-state index is 13.3. The number of para-hydroxylation sites is 1. The fraction of sp³-hybridized carbons (Fsp3) is 0.348. The molecule has 2 saturated heterocycles. The zero-order chi connectivity index (χ0) is 18.7. The summed E-state index contributed by atoms with van der Waals surface area (Å²) < 4.78 is 2.25. The van der Waals surface area contributed by atoms with E-state index in [1.807, 2.05) is 6.20 Å². The normalized spacial score (nSPS) is 22.6. The Hall–Kier alpha value is -2.02. The van der Waals surface area contributed by atoms with Crippen molar-refractivity contribution in [1.82, 2.24) is 9.88 Å². The summed E-state index contributed by atoms with van der Waals surface area (Å²) in [6, 6.07) is 15.3. The molecule has 2 fully saturated rings. The summed E-state index contributed by atoms with van der Waals surface area (Å²) in [5.74, 6) is 0.173. The number of likely N-dealkylation sites (tertiary alicyclic amines) is 1. The van der Waals surface area contributed by atoms with E-state index in [4.69, 9.17) is 0 Å². The number of aromatic nitrogens is 1. The number of rotatable bonds is 2. The molecule has 2 aromatic carbocycles. The van der Waals surface area contributed by atoms with Crippen molar-refractivity contribution in [3.05, 3.63) is 65.4 Å². The third-order valence-electron chi connectivity index (χ3n) is 6.73. The number of amides is 1. The van der Waals surface area contributed by atoms with Crippen LogP contribution < -0.4 is 26.5 Å². The molecular weight excluding hydrogens is 461 g/mol. The zero-order valence-corrected chi connectivity index (χ0v) is 17.8. The Bertz CT molecular complexity index is 1080. The van der Waals surface area contributed by atoms with E-state index in [1.54, 1.807) is 0 Å². The molecule has 1 atom stereocenters. The van der Waals surface area contributed by atoms with Crippen molar-refractivity contribution in [2.45, 2.75) is 22.2 Å². The standard InChI is InChI=1S/C23H23IN3O/c28-22(17-13-25-21-11-15(19-12-24-19)5-6-16(17)21)27-9-7-23(8-10-27)14-26-20-4-2-1-3-18(20)23/h1-6,11,13,19,25-26H,7-10,12,14H2/q-1. The van der Waals surface area contributed by atoms with Crippen LogP contribution in [0.15, 0.2) is 48.7 Å². The minimum atomic E-state index is 0.173. The van der Waals surface area contributed by atoms with E-state index < -0.39 is 0 Å². The van der Waals surface area contributed by atoms with E-state index in [0.717, 1.165) is 52.9 Å². The van der Waals surface area contributed by atoms with Crippen molar-refractivity contribution in [2.75, 3.05) is 29.4 Å². The Balaban J connectivity index is 1.23. The molecule has 1 aromatic heterocycles. The van der Waals surface area contributed by atoms with E-state index in [1.165, 1.54) is 21.2 Å². The van der Waals surface area contributed by atoms with Crippen LogP contribution in [-0.4, -0.2) is 39.9 Å². The summed E-state index contributed by atoms with van der Waals surface area (Å²) in [5.41, 5.74) is 6.29. The number of fused-ring (bicyclic) bond motifs is 3. The van der Waals surface area contributed by atoms with Gasteiger partial charge in [0.15, 0.2) is 0 Å². The molecule has 2 N–H and O–H groups in total. The third kappa shape index (κ3) is 2.59. The molecule has 0 radical (unpaired) electrons. The van der Waals surface area contributed by atoms with Crippen LogP contribution in [0.2, 0.25) is 0 Å². The van der Waals surface area contributed by atoms with Gasteiger partial charge < -0.3 is 5.32 Å². The Morgan fingerprint density at radius 2 is 1.96 bits per heavy atom. The number of carbonyl (C=O) groups excluding carboxylic acids is 1. The molecule has 5 heteroatoms. The molecule has 3 aliphatic heterocycles. The molecule has 28 heavy (non-hydrogen) atoms. The van der Waals surface area contributed by atoms with Crippen molar-refractivity contribution in [2.24, 2.45) is 0 Å². The number of carbonyl (C=O) groups is 1. The molecule has 3 aromatic rings. The van der Waals surface area contributed by atoms with E-state index in [0.29, 0.717) is 21.2 Å². The van der Waals surface area contributed by atoms with Gasteiger partial charge in [0.05, 0.1) is 0 Å². The SMILES string of the molecule is O=C(c1c[nH]c2cc(C3C[I-]3)ccc12)N1CCC2(CC1)CNc1ccccc12. The molecule has 1 spiro atoms. The van der Waals surface area contributed by atoms with Gasteiger partial charge in [-0.15, -0.1) is 0 Å². The number of piperidine rings is 1. The molecule has 144 valence electrons. The number of benzene rings is 2. The van der Waals surface area contributed by atoms with Crippen LogP contribution in [0.3, 0.4) is 0 Å². The van der Waals surface area contributed by atoms with Gasteiger partial charge in [0.25, 0.3) is 0 Å². The molecule has 0 saturated carbocycles. The molecule has 0 bridgehead atoms. The van der Waals surface area contributed by atoms with Crippen molar-refractivity contribution < 1.29 is 26.0 Å². The minimum Gasteiger partial charge on any atom is -0.384 e. The molecule has 6 rings (SSSR count). The van der Waals surface area contributed by atoms with E-state index in [2.05, 4.69) is 57.7 Å². The number of halogens is 1. The number of nitrogens with one attached hydrogen (secondary N) is 2. The smallest absolute Gasteiger partial charge is 0.384 e. The van der Waals surface area contributed by atoms with Crippen molar-refractivity contribution in [3.8, 4) is 0 Å². The first-order chi connectivity index (χ1) is 13.7. The van der Waals surface area contributed by atoms with Gasteiger partial charge in [0.1, 0.15) is 0 Å². The van der Waals surface area contributed by atoms with Crippen molar-refractivity contribution in [1.29, 1.82) is 0 Å². The average Bonchev–Trinajstić information content (AvgIpc) is 3.42. The Labute approximate surface area is 175 Å². The fourth-order valence-corrected chi connectivity index (χ4v) is 6.61. The van der Waals surface area contributed by atoms with Gasteiger partial charge in [-0.1, -0.05) is 18.2 Å². The van der Waals surface area contributed by atoms with Gasteiger partial charge in [-0.3, -0.25) is 0 Å². The summed E-state index contributed by atoms with van der Waals surface area (Å²) >= 11 is 0.401. The minimum absolute atomic E-state index is 0.173. The first-order valence-corrected chi connectivity index (χ1v) is 12.8. The summed E-state index contributed by atoms with van der Waals surface area (Å²) in [4.78, 5) is 18.6. The number of H-pyrrole nitrogens is 1. The van der Waals surface area contributed by atoms with Crippen LogP contribution in [0.4, 0.5) is 5.69 Å². The van der Waals surface area contributed by atoms with Gasteiger partial charge in [0, 0.05) is 5.69 Å². The third-order valence-corrected chi connectivity index (χ3v) is 9.21. The number of aromatic amines is 1. The number of hydrogen-bond acceptors (Lipinski definition) is 2. The molecule has 1 unspecified atom stereocenters. The average molecular weight is 484 g/mol. The molecule has 3 aliphatic rings. The summed E-state index contributed by atoms with van der Waals surface area (Å²) in [5, 5.41) is 4.64. The van der Waals surface area contributed by atoms with Gasteiger partial charge in [-0.05, 0) is 6.07 Å². The Morgan fingerprint density at radius 1 is 1.14 bits per heavy atom. The Morgan fingerprint density at radius 3 is 2.79 bits per heavy atom. The van der Waals surface area contributed by atoms with Crippen LogP contribution in [0, 0.1) is 0 Å². The maximum absolute atomic E-state index is 13.3. The predicted octanol–water partition coefficient (Wildman–Crippen LogP) is 0.911. The van der Waals surface area contributed by atoms with E-state index in [-0.39, 0.29) is 11.3 Å². The molecule has 0 aliphatic carbocycles. The first kappa shape index (κ1) is 16.9. The number of nitrogens with zero attached hydrogens (tertiary/aromatic N) is 1. The van der Waals surface area contributed by atoms with E-state index >= 15 is 0 Å². The number of anilines is 1. The molecule has 4 nitrogen and oxygen atoms in total. The topological polar surface area (TPSA) is 48.1 Å². The molecular formula is C23H23IN3O-. The molecule has 4 heterocycles. The summed E-state index contributed by atoms with van der Waals surface area (Å²) in [6.07, 6.45) is 3.97. The van der Waals surface area contributed by atoms with Crippen molar-refractivity contribution >= 4 is 22.5 Å². The van der Waals surface area contributed by atoms with Gasteiger partial charge in [-0.2, -0.15) is 0 Å². The van der Waals surface area contributed by atoms with Gasteiger partial charge in [-0.25, -0.2) is 0 Å². The Kier molecular flexibility index (Phi) is 3.76. The second-order valence-electron chi connectivity index (χ2n) is 8.26. The van der Waals surface area contributed by atoms with E-state index in [9.17, 15) is 4.79 Å². The van der Waals surface area contributed by atoms with Gasteiger partial charge in [0.2, 0.25) is 0 Å². The second-order valence-corrected chi connectivity index (χ2v) is 11.5. The van der Waals surface area contributed by atoms with Gasteiger partial charge >= 0.3 is 140 Å². The number of alkyl halides is 2. The quantitative estimate of drug-likeness (QED) is 0.420. The van der Waals surface area contributed by atoms with Crippen LogP contribution in [-0.2, 0) is 5.41 Å². The zero-order valence-electron chi connectivity index (χ0n) is 15.7. The van der Waals surface area contributed by atoms with Crippen LogP contribution >= 0.6 is 0 Å². The summed E-state index contributed by atoms with van der Waals surface area (Å²) in [6.45, 7) is 2.65. The molecule has 1 amide bonds. The first-order valence-electron chi connectivity index (χ1n) is 10.0. The van der Waals surface area contributed by atoms with Crippen molar-refractivity contribution in [3.63, 3.8) is 0 Å². The summed E-state index contributed by atoms with van der Waals surface area (Å²) in [7, 11) is 0. The number of hydrogen-bond donors (Lipinski definition) is 2. The monoisotopic (exact) mass is 484 g/mol.